The molecule has 0 heterocycles. The second kappa shape index (κ2) is 3.96. The molecular weight excluding hydrogens is 195 g/mol. The second-order valence-corrected chi connectivity index (χ2v) is 6.97. The fraction of sp³-hybridized carbons (Fsp3) is 0.571. The summed E-state index contributed by atoms with van der Waals surface area (Å²) in [6.07, 6.45) is 0. The van der Waals surface area contributed by atoms with Crippen molar-refractivity contribution in [3.8, 4) is 0 Å². The molecule has 15 heavy (non-hydrogen) atoms. The highest BCUT2D eigenvalue weighted by Crippen LogP contribution is 2.32. The zero-order chi connectivity index (χ0) is 11.9. The van der Waals surface area contributed by atoms with Crippen LogP contribution in [0.1, 0.15) is 52.7 Å². The summed E-state index contributed by atoms with van der Waals surface area (Å²) in [6, 6.07) is 6.74. The molecule has 1 rings (SSSR count). The SMILES string of the molecule is CC(C)(C)c1cc[c]([Al])cc1C(C)(C)C. The maximum Gasteiger partial charge on any atom is 0.175 e. The molecule has 1 aromatic carbocycles. The molecule has 0 aromatic heterocycles. The Kier molecular flexibility index (Phi) is 3.39. The standard InChI is InChI=1S/C14H21.Al/c1-13(2,3)11-9-7-8-10-12(11)14(4,5)6;/h7,9-10H,1-6H3;. The van der Waals surface area contributed by atoms with E-state index in [-0.39, 0.29) is 10.8 Å². The lowest BCUT2D eigenvalue weighted by Crippen LogP contribution is -2.24. The van der Waals surface area contributed by atoms with Crippen LogP contribution in [0.2, 0.25) is 0 Å². The lowest BCUT2D eigenvalue weighted by Gasteiger charge is -2.30. The van der Waals surface area contributed by atoms with E-state index in [9.17, 15) is 0 Å². The van der Waals surface area contributed by atoms with E-state index in [1.807, 2.05) is 0 Å². The predicted molar refractivity (Wildman–Crippen MR) is 69.2 cm³/mol. The molecule has 0 saturated heterocycles. The maximum absolute atomic E-state index is 2.78. The van der Waals surface area contributed by atoms with Crippen LogP contribution in [0.4, 0.5) is 0 Å². The molecule has 0 unspecified atom stereocenters. The van der Waals surface area contributed by atoms with Crippen molar-refractivity contribution < 1.29 is 0 Å². The van der Waals surface area contributed by atoms with Gasteiger partial charge in [-0.2, -0.15) is 0 Å². The predicted octanol–water partition coefficient (Wildman–Crippen LogP) is 3.08. The average molecular weight is 216 g/mol. The summed E-state index contributed by atoms with van der Waals surface area (Å²) in [4.78, 5) is 0. The third-order valence-electron chi connectivity index (χ3n) is 2.66. The Morgan fingerprint density at radius 3 is 1.67 bits per heavy atom. The van der Waals surface area contributed by atoms with Crippen LogP contribution in [0.5, 0.6) is 0 Å². The zero-order valence-electron chi connectivity index (χ0n) is 10.8. The first-order valence-electron chi connectivity index (χ1n) is 5.53. The molecule has 0 nitrogen and oxygen atoms in total. The fourth-order valence-electron chi connectivity index (χ4n) is 1.84. The van der Waals surface area contributed by atoms with E-state index in [1.54, 1.807) is 0 Å². The van der Waals surface area contributed by atoms with E-state index >= 15 is 0 Å². The molecule has 0 spiro atoms. The first-order chi connectivity index (χ1) is 6.62. The largest absolute Gasteiger partial charge is 0.175 e. The van der Waals surface area contributed by atoms with Crippen LogP contribution in [-0.2, 0) is 10.8 Å². The third-order valence-corrected chi connectivity index (χ3v) is 3.02. The molecule has 0 aliphatic rings. The van der Waals surface area contributed by atoms with Crippen LogP contribution >= 0.6 is 0 Å². The smallest absolute Gasteiger partial charge is 0.139 e. The summed E-state index contributed by atoms with van der Waals surface area (Å²) < 4.78 is 1.27. The molecule has 0 N–H and O–H groups in total. The summed E-state index contributed by atoms with van der Waals surface area (Å²) in [5.41, 5.74) is 3.36. The van der Waals surface area contributed by atoms with Gasteiger partial charge < -0.3 is 0 Å². The molecule has 0 fully saturated rings. The second-order valence-electron chi connectivity index (χ2n) is 6.31. The van der Waals surface area contributed by atoms with E-state index in [0.717, 1.165) is 0 Å². The molecule has 0 amide bonds. The Balaban J connectivity index is 3.41. The summed E-state index contributed by atoms with van der Waals surface area (Å²) in [5, 5.41) is 0. The van der Waals surface area contributed by atoms with Gasteiger partial charge in [-0.05, 0) is 22.0 Å². The molecular formula is C14H21Al. The van der Waals surface area contributed by atoms with Crippen molar-refractivity contribution in [3.05, 3.63) is 29.3 Å². The van der Waals surface area contributed by atoms with Gasteiger partial charge in [-0.15, -0.1) is 4.43 Å². The van der Waals surface area contributed by atoms with Gasteiger partial charge in [0, 0.05) is 0 Å². The van der Waals surface area contributed by atoms with Gasteiger partial charge in [-0.3, -0.25) is 0 Å². The van der Waals surface area contributed by atoms with Gasteiger partial charge in [0.2, 0.25) is 0 Å². The Bertz CT molecular complexity index is 351. The summed E-state index contributed by atoms with van der Waals surface area (Å²) in [6.45, 7) is 13.7. The molecule has 0 saturated carbocycles. The van der Waals surface area contributed by atoms with E-state index < -0.39 is 0 Å². The van der Waals surface area contributed by atoms with Crippen molar-refractivity contribution in [3.63, 3.8) is 0 Å². The van der Waals surface area contributed by atoms with Crippen molar-refractivity contribution in [2.75, 3.05) is 0 Å². The fourth-order valence-corrected chi connectivity index (χ4v) is 2.10. The molecule has 0 aliphatic heterocycles. The Morgan fingerprint density at radius 2 is 1.27 bits per heavy atom. The van der Waals surface area contributed by atoms with Crippen LogP contribution in [-0.4, -0.2) is 16.3 Å². The van der Waals surface area contributed by atoms with E-state index in [4.69, 9.17) is 0 Å². The normalized spacial score (nSPS) is 12.9. The number of hydrogen-bond donors (Lipinski definition) is 0. The van der Waals surface area contributed by atoms with Gasteiger partial charge in [-0.25, -0.2) is 0 Å². The first-order valence-corrected chi connectivity index (χ1v) is 6.10. The van der Waals surface area contributed by atoms with Crippen LogP contribution in [0.3, 0.4) is 0 Å². The average Bonchev–Trinajstić information content (AvgIpc) is 2.00. The number of benzene rings is 1. The van der Waals surface area contributed by atoms with E-state index in [0.29, 0.717) is 0 Å². The summed E-state index contributed by atoms with van der Waals surface area (Å²) in [5.74, 6) is 0. The Hall–Kier alpha value is -0.248. The number of rotatable bonds is 0. The van der Waals surface area contributed by atoms with E-state index in [2.05, 4.69) is 76.0 Å². The first kappa shape index (κ1) is 12.8. The highest BCUT2D eigenvalue weighted by Gasteiger charge is 2.24. The minimum atomic E-state index is 0.217. The zero-order valence-corrected chi connectivity index (χ0v) is 12.0. The van der Waals surface area contributed by atoms with Crippen molar-refractivity contribution in [1.29, 1.82) is 0 Å². The molecule has 2 radical (unpaired) electrons. The van der Waals surface area contributed by atoms with Gasteiger partial charge in [0.15, 0.2) is 16.3 Å². The number of hydrogen-bond acceptors (Lipinski definition) is 0. The van der Waals surface area contributed by atoms with Crippen molar-refractivity contribution >= 4 is 20.7 Å². The lowest BCUT2D eigenvalue weighted by atomic mass is 9.75. The van der Waals surface area contributed by atoms with Gasteiger partial charge in [0.25, 0.3) is 0 Å². The van der Waals surface area contributed by atoms with E-state index in [1.165, 1.54) is 15.6 Å². The lowest BCUT2D eigenvalue weighted by molar-refractivity contribution is 0.531. The molecule has 1 aromatic rings. The Morgan fingerprint density at radius 1 is 0.800 bits per heavy atom. The van der Waals surface area contributed by atoms with Crippen molar-refractivity contribution in [2.24, 2.45) is 0 Å². The topological polar surface area (TPSA) is 0 Å². The minimum Gasteiger partial charge on any atom is -0.139 e. The maximum atomic E-state index is 2.78. The van der Waals surface area contributed by atoms with Crippen LogP contribution in [0.25, 0.3) is 0 Å². The molecule has 80 valence electrons. The van der Waals surface area contributed by atoms with Crippen LogP contribution in [0, 0.1) is 0 Å². The molecule has 0 bridgehead atoms. The van der Waals surface area contributed by atoms with Gasteiger partial charge in [0.1, 0.15) is 0 Å². The third kappa shape index (κ3) is 3.10. The molecule has 0 atom stereocenters. The minimum absolute atomic E-state index is 0.217. The quantitative estimate of drug-likeness (QED) is 0.585. The van der Waals surface area contributed by atoms with Gasteiger partial charge in [-0.1, -0.05) is 59.7 Å². The highest BCUT2D eigenvalue weighted by molar-refractivity contribution is 6.32. The summed E-state index contributed by atoms with van der Waals surface area (Å²) >= 11 is 2.78. The monoisotopic (exact) mass is 216 g/mol. The van der Waals surface area contributed by atoms with Crippen LogP contribution < -0.4 is 4.43 Å². The van der Waals surface area contributed by atoms with Crippen molar-refractivity contribution in [2.45, 2.75) is 52.4 Å². The molecule has 1 heteroatoms. The molecule has 0 aliphatic carbocycles. The highest BCUT2D eigenvalue weighted by atomic mass is 27.0. The Labute approximate surface area is 103 Å². The van der Waals surface area contributed by atoms with Crippen molar-refractivity contribution in [1.82, 2.24) is 0 Å². The van der Waals surface area contributed by atoms with Crippen LogP contribution in [0.15, 0.2) is 18.2 Å². The van der Waals surface area contributed by atoms with Gasteiger partial charge >= 0.3 is 0 Å². The summed E-state index contributed by atoms with van der Waals surface area (Å²) in [7, 11) is 0. The van der Waals surface area contributed by atoms with Gasteiger partial charge in [0.05, 0.1) is 0 Å².